The molecule has 2 aromatic carbocycles. The maximum Gasteiger partial charge on any atom is 0.337 e. The smallest absolute Gasteiger partial charge is 0.337 e. The molecule has 0 unspecified atom stereocenters. The summed E-state index contributed by atoms with van der Waals surface area (Å²) in [5, 5.41) is 4.14. The number of aromatic nitrogens is 3. The summed E-state index contributed by atoms with van der Waals surface area (Å²) in [6, 6.07) is 13.9. The largest absolute Gasteiger partial charge is 0.465 e. The summed E-state index contributed by atoms with van der Waals surface area (Å²) in [6.07, 6.45) is 3.04. The SMILES string of the molecule is CC.CCCCc1nc2c(NC)nc3cc(C(=O)OC)ccc3c2n1Cc1ccc(CN)cc1. The third-order valence-electron chi connectivity index (χ3n) is 5.77. The van der Waals surface area contributed by atoms with E-state index in [1.807, 2.05) is 27.0 Å². The van der Waals surface area contributed by atoms with Crippen LogP contribution in [0, 0.1) is 0 Å². The molecule has 0 fully saturated rings. The Hall–Kier alpha value is -3.45. The quantitative estimate of drug-likeness (QED) is 0.346. The van der Waals surface area contributed by atoms with E-state index < -0.39 is 0 Å². The van der Waals surface area contributed by atoms with E-state index in [4.69, 9.17) is 20.4 Å². The summed E-state index contributed by atoms with van der Waals surface area (Å²) in [4.78, 5) is 21.8. The molecule has 0 spiro atoms. The van der Waals surface area contributed by atoms with Gasteiger partial charge in [-0.2, -0.15) is 0 Å². The van der Waals surface area contributed by atoms with Gasteiger partial charge in [0.15, 0.2) is 5.82 Å². The van der Waals surface area contributed by atoms with Gasteiger partial charge in [0.05, 0.1) is 23.7 Å². The standard InChI is InChI=1S/C25H29N5O2.C2H6/c1-4-5-6-21-29-22-23(30(21)15-17-9-7-16(14-26)8-10-17)19-12-11-18(25(31)32-3)13-20(19)28-24(22)27-2;1-2/h7-13H,4-6,14-15,26H2,1-3H3,(H,27,28);1-2H3. The molecule has 180 valence electrons. The number of fused-ring (bicyclic) bond motifs is 3. The lowest BCUT2D eigenvalue weighted by Crippen LogP contribution is -2.07. The zero-order chi connectivity index (χ0) is 24.7. The molecule has 7 nitrogen and oxygen atoms in total. The van der Waals surface area contributed by atoms with E-state index in [-0.39, 0.29) is 5.97 Å². The number of rotatable bonds is 8. The van der Waals surface area contributed by atoms with Crippen LogP contribution in [0.25, 0.3) is 21.9 Å². The Kier molecular flexibility index (Phi) is 8.60. The lowest BCUT2D eigenvalue weighted by molar-refractivity contribution is 0.0601. The van der Waals surface area contributed by atoms with Crippen LogP contribution in [0.15, 0.2) is 42.5 Å². The van der Waals surface area contributed by atoms with Gasteiger partial charge in [0, 0.05) is 31.9 Å². The number of anilines is 1. The molecule has 4 rings (SSSR count). The number of hydrogen-bond acceptors (Lipinski definition) is 6. The maximum absolute atomic E-state index is 12.1. The normalized spacial score (nSPS) is 10.8. The Morgan fingerprint density at radius 3 is 2.41 bits per heavy atom. The van der Waals surface area contributed by atoms with Crippen molar-refractivity contribution in [1.29, 1.82) is 0 Å². The number of aryl methyl sites for hydroxylation is 1. The highest BCUT2D eigenvalue weighted by molar-refractivity contribution is 6.08. The third-order valence-corrected chi connectivity index (χ3v) is 5.77. The number of nitrogens with zero attached hydrogens (tertiary/aromatic N) is 3. The van der Waals surface area contributed by atoms with E-state index in [1.165, 1.54) is 12.7 Å². The summed E-state index contributed by atoms with van der Waals surface area (Å²) in [7, 11) is 3.22. The first kappa shape index (κ1) is 25.2. The number of hydrogen-bond donors (Lipinski definition) is 2. The molecule has 3 N–H and O–H groups in total. The fourth-order valence-corrected chi connectivity index (χ4v) is 4.01. The number of methoxy groups -OCH3 is 1. The molecule has 0 saturated heterocycles. The average Bonchev–Trinajstić information content (AvgIpc) is 3.25. The van der Waals surface area contributed by atoms with Crippen LogP contribution < -0.4 is 11.1 Å². The number of esters is 1. The fourth-order valence-electron chi connectivity index (χ4n) is 4.01. The predicted octanol–water partition coefficient (Wildman–Crippen LogP) is 5.29. The second-order valence-corrected chi connectivity index (χ2v) is 7.87. The van der Waals surface area contributed by atoms with Crippen LogP contribution in [0.3, 0.4) is 0 Å². The molecule has 2 aromatic heterocycles. The van der Waals surface area contributed by atoms with E-state index in [0.717, 1.165) is 52.6 Å². The summed E-state index contributed by atoms with van der Waals surface area (Å²) in [5.41, 5.74) is 11.1. The van der Waals surface area contributed by atoms with Crippen LogP contribution in [0.4, 0.5) is 5.82 Å². The second kappa shape index (κ2) is 11.6. The monoisotopic (exact) mass is 461 g/mol. The average molecular weight is 462 g/mol. The first-order valence-electron chi connectivity index (χ1n) is 12.0. The van der Waals surface area contributed by atoms with Crippen LogP contribution >= 0.6 is 0 Å². The maximum atomic E-state index is 12.1. The summed E-state index contributed by atoms with van der Waals surface area (Å²) < 4.78 is 7.17. The van der Waals surface area contributed by atoms with E-state index in [0.29, 0.717) is 24.5 Å². The molecule has 4 aromatic rings. The van der Waals surface area contributed by atoms with Crippen LogP contribution in [0.5, 0.6) is 0 Å². The molecular formula is C27H35N5O2. The zero-order valence-corrected chi connectivity index (χ0v) is 20.8. The van der Waals surface area contributed by atoms with Gasteiger partial charge in [-0.15, -0.1) is 0 Å². The highest BCUT2D eigenvalue weighted by Gasteiger charge is 2.19. The van der Waals surface area contributed by atoms with Crippen molar-refractivity contribution in [2.45, 2.75) is 53.1 Å². The molecule has 0 aliphatic rings. The molecule has 0 amide bonds. The lowest BCUT2D eigenvalue weighted by Gasteiger charge is -2.12. The van der Waals surface area contributed by atoms with Gasteiger partial charge in [-0.05, 0) is 35.7 Å². The van der Waals surface area contributed by atoms with Crippen molar-refractivity contribution in [3.8, 4) is 0 Å². The topological polar surface area (TPSA) is 95.1 Å². The number of imidazole rings is 1. The third kappa shape index (κ3) is 5.04. The van der Waals surface area contributed by atoms with Gasteiger partial charge in [-0.3, -0.25) is 0 Å². The van der Waals surface area contributed by atoms with E-state index in [1.54, 1.807) is 12.1 Å². The number of ether oxygens (including phenoxy) is 1. The minimum Gasteiger partial charge on any atom is -0.465 e. The molecule has 0 aliphatic heterocycles. The van der Waals surface area contributed by atoms with Crippen LogP contribution in [-0.4, -0.2) is 34.7 Å². The fraction of sp³-hybridized carbons (Fsp3) is 0.370. The first-order chi connectivity index (χ1) is 16.6. The lowest BCUT2D eigenvalue weighted by atomic mass is 10.1. The van der Waals surface area contributed by atoms with Crippen LogP contribution in [0.1, 0.15) is 60.9 Å². The minimum atomic E-state index is -0.378. The van der Waals surface area contributed by atoms with Crippen molar-refractivity contribution in [2.24, 2.45) is 5.73 Å². The number of benzene rings is 2. The Labute approximate surface area is 201 Å². The molecule has 0 radical (unpaired) electrons. The molecule has 0 saturated carbocycles. The first-order valence-corrected chi connectivity index (χ1v) is 12.0. The van der Waals surface area contributed by atoms with Crippen molar-refractivity contribution in [3.05, 3.63) is 65.0 Å². The summed E-state index contributed by atoms with van der Waals surface area (Å²) in [6.45, 7) is 7.41. The van der Waals surface area contributed by atoms with Gasteiger partial charge >= 0.3 is 5.97 Å². The molecule has 34 heavy (non-hydrogen) atoms. The molecule has 0 bridgehead atoms. The summed E-state index contributed by atoms with van der Waals surface area (Å²) in [5.74, 6) is 1.36. The number of nitrogens with two attached hydrogens (primary N) is 1. The number of carbonyl (C=O) groups is 1. The molecular weight excluding hydrogens is 426 g/mol. The van der Waals surface area contributed by atoms with Gasteiger partial charge in [-0.1, -0.05) is 51.5 Å². The van der Waals surface area contributed by atoms with Crippen molar-refractivity contribution in [3.63, 3.8) is 0 Å². The molecule has 0 aliphatic carbocycles. The van der Waals surface area contributed by atoms with E-state index in [2.05, 4.69) is 41.1 Å². The molecule has 7 heteroatoms. The highest BCUT2D eigenvalue weighted by Crippen LogP contribution is 2.32. The minimum absolute atomic E-state index is 0.378. The Morgan fingerprint density at radius 1 is 1.09 bits per heavy atom. The predicted molar refractivity (Wildman–Crippen MR) is 139 cm³/mol. The van der Waals surface area contributed by atoms with Gasteiger partial charge in [0.25, 0.3) is 0 Å². The van der Waals surface area contributed by atoms with E-state index >= 15 is 0 Å². The molecule has 2 heterocycles. The second-order valence-electron chi connectivity index (χ2n) is 7.87. The Bertz CT molecular complexity index is 1260. The van der Waals surface area contributed by atoms with Crippen molar-refractivity contribution >= 4 is 33.7 Å². The van der Waals surface area contributed by atoms with Gasteiger partial charge in [0.1, 0.15) is 11.3 Å². The van der Waals surface area contributed by atoms with Crippen molar-refractivity contribution < 1.29 is 9.53 Å². The molecule has 0 atom stereocenters. The Morgan fingerprint density at radius 2 is 1.79 bits per heavy atom. The Balaban J connectivity index is 0.00000158. The van der Waals surface area contributed by atoms with Gasteiger partial charge in [0.2, 0.25) is 0 Å². The van der Waals surface area contributed by atoms with Gasteiger partial charge < -0.3 is 20.4 Å². The summed E-state index contributed by atoms with van der Waals surface area (Å²) >= 11 is 0. The highest BCUT2D eigenvalue weighted by atomic mass is 16.5. The van der Waals surface area contributed by atoms with Crippen LogP contribution in [-0.2, 0) is 24.2 Å². The number of nitrogens with one attached hydrogen (secondary N) is 1. The van der Waals surface area contributed by atoms with E-state index in [9.17, 15) is 4.79 Å². The van der Waals surface area contributed by atoms with Crippen molar-refractivity contribution in [2.75, 3.05) is 19.5 Å². The zero-order valence-electron chi connectivity index (χ0n) is 20.8. The number of carbonyl (C=O) groups excluding carboxylic acids is 1. The number of pyridine rings is 1. The van der Waals surface area contributed by atoms with Crippen molar-refractivity contribution in [1.82, 2.24) is 14.5 Å². The number of unbranched alkanes of at least 4 members (excludes halogenated alkanes) is 1. The van der Waals surface area contributed by atoms with Gasteiger partial charge in [-0.25, -0.2) is 14.8 Å². The van der Waals surface area contributed by atoms with Crippen LogP contribution in [0.2, 0.25) is 0 Å².